The fraction of sp³-hybridized carbons (Fsp3) is 0.435. The van der Waals surface area contributed by atoms with Gasteiger partial charge in [0.15, 0.2) is 5.69 Å². The molecule has 8 heteroatoms. The molecule has 0 amide bonds. The number of esters is 1. The fourth-order valence-corrected chi connectivity index (χ4v) is 4.34. The van der Waals surface area contributed by atoms with Crippen LogP contribution in [0.5, 0.6) is 0 Å². The Labute approximate surface area is 181 Å². The lowest BCUT2D eigenvalue weighted by Gasteiger charge is -2.27. The second-order valence-corrected chi connectivity index (χ2v) is 7.81. The first kappa shape index (κ1) is 21.1. The molecule has 0 aliphatic carbocycles. The number of hydrogen-bond donors (Lipinski definition) is 0. The van der Waals surface area contributed by atoms with Gasteiger partial charge >= 0.3 is 5.97 Å². The summed E-state index contributed by atoms with van der Waals surface area (Å²) >= 11 is 0. The van der Waals surface area contributed by atoms with Crippen molar-refractivity contribution in [3.8, 4) is 5.69 Å². The molecule has 3 aromatic rings. The number of rotatable bonds is 6. The molecule has 1 aromatic carbocycles. The monoisotopic (exact) mass is 423 g/mol. The summed E-state index contributed by atoms with van der Waals surface area (Å²) in [7, 11) is 1.91. The Morgan fingerprint density at radius 3 is 2.61 bits per heavy atom. The summed E-state index contributed by atoms with van der Waals surface area (Å²) in [6.07, 6.45) is 0.786. The van der Waals surface area contributed by atoms with Crippen LogP contribution in [0, 0.1) is 6.92 Å². The van der Waals surface area contributed by atoms with E-state index in [2.05, 4.69) is 10.00 Å². The number of para-hydroxylation sites is 1. The summed E-state index contributed by atoms with van der Waals surface area (Å²) in [4.78, 5) is 27.9. The second-order valence-electron chi connectivity index (χ2n) is 7.81. The number of fused-ring (bicyclic) bond motifs is 1. The van der Waals surface area contributed by atoms with Gasteiger partial charge in [-0.1, -0.05) is 18.2 Å². The number of aromatic nitrogens is 4. The molecule has 2 aromatic heterocycles. The van der Waals surface area contributed by atoms with E-state index >= 15 is 0 Å². The molecule has 0 unspecified atom stereocenters. The lowest BCUT2D eigenvalue weighted by Crippen LogP contribution is -2.33. The molecular formula is C23H29N5O3. The normalized spacial score (nSPS) is 13.9. The zero-order valence-corrected chi connectivity index (χ0v) is 18.6. The third kappa shape index (κ3) is 3.72. The van der Waals surface area contributed by atoms with Gasteiger partial charge < -0.3 is 4.74 Å². The molecule has 0 fully saturated rings. The highest BCUT2D eigenvalue weighted by atomic mass is 16.5. The Morgan fingerprint density at radius 2 is 1.94 bits per heavy atom. The van der Waals surface area contributed by atoms with Gasteiger partial charge in [-0.2, -0.15) is 5.10 Å². The fourth-order valence-electron chi connectivity index (χ4n) is 4.34. The van der Waals surface area contributed by atoms with E-state index in [0.717, 1.165) is 41.2 Å². The number of ether oxygens (including phenoxy) is 1. The average Bonchev–Trinajstić information content (AvgIpc) is 3.25. The molecule has 0 bridgehead atoms. The maximum Gasteiger partial charge on any atom is 0.359 e. The summed E-state index contributed by atoms with van der Waals surface area (Å²) in [6.45, 7) is 8.72. The molecule has 0 atom stereocenters. The summed E-state index contributed by atoms with van der Waals surface area (Å²) in [5.74, 6) is -0.380. The van der Waals surface area contributed by atoms with Crippen molar-refractivity contribution in [1.29, 1.82) is 0 Å². The minimum atomic E-state index is -0.380. The molecule has 0 radical (unpaired) electrons. The van der Waals surface area contributed by atoms with Crippen LogP contribution in [0.25, 0.3) is 5.69 Å². The highest BCUT2D eigenvalue weighted by molar-refractivity contribution is 5.89. The van der Waals surface area contributed by atoms with E-state index < -0.39 is 0 Å². The lowest BCUT2D eigenvalue weighted by atomic mass is 10.0. The van der Waals surface area contributed by atoms with Crippen molar-refractivity contribution in [1.82, 2.24) is 24.0 Å². The Kier molecular flexibility index (Phi) is 5.82. The Morgan fingerprint density at radius 1 is 1.19 bits per heavy atom. The Balaban J connectivity index is 1.64. The molecule has 8 nitrogen and oxygen atoms in total. The third-order valence-corrected chi connectivity index (χ3v) is 6.04. The molecule has 0 N–H and O–H groups in total. The molecular weight excluding hydrogens is 394 g/mol. The van der Waals surface area contributed by atoms with Gasteiger partial charge in [0.25, 0.3) is 5.56 Å². The number of aryl methyl sites for hydroxylation is 1. The smallest absolute Gasteiger partial charge is 0.359 e. The maximum atomic E-state index is 13.3. The van der Waals surface area contributed by atoms with E-state index in [1.54, 1.807) is 11.6 Å². The third-order valence-electron chi connectivity index (χ3n) is 6.04. The molecule has 1 aliphatic heterocycles. The van der Waals surface area contributed by atoms with Crippen LogP contribution in [0.3, 0.4) is 0 Å². The van der Waals surface area contributed by atoms with Crippen LogP contribution in [0.2, 0.25) is 0 Å². The largest absolute Gasteiger partial charge is 0.461 e. The van der Waals surface area contributed by atoms with E-state index in [4.69, 9.17) is 4.74 Å². The van der Waals surface area contributed by atoms with Crippen molar-refractivity contribution in [3.05, 3.63) is 68.9 Å². The van der Waals surface area contributed by atoms with E-state index in [1.807, 2.05) is 60.6 Å². The molecule has 164 valence electrons. The Bertz CT molecular complexity index is 1160. The van der Waals surface area contributed by atoms with Gasteiger partial charge in [-0.25, -0.2) is 9.48 Å². The molecule has 0 saturated heterocycles. The van der Waals surface area contributed by atoms with Crippen molar-refractivity contribution in [2.24, 2.45) is 7.05 Å². The quantitative estimate of drug-likeness (QED) is 0.570. The van der Waals surface area contributed by atoms with Crippen molar-refractivity contribution < 1.29 is 9.53 Å². The predicted octanol–water partition coefficient (Wildman–Crippen LogP) is 2.44. The van der Waals surface area contributed by atoms with Crippen molar-refractivity contribution in [2.75, 3.05) is 13.2 Å². The van der Waals surface area contributed by atoms with Crippen LogP contribution in [0.15, 0.2) is 35.1 Å². The zero-order chi connectivity index (χ0) is 22.1. The molecule has 4 rings (SSSR count). The van der Waals surface area contributed by atoms with Crippen LogP contribution < -0.4 is 5.56 Å². The first-order chi connectivity index (χ1) is 15.0. The minimum absolute atomic E-state index is 0.00753. The van der Waals surface area contributed by atoms with Crippen LogP contribution in [-0.4, -0.2) is 43.2 Å². The first-order valence-corrected chi connectivity index (χ1v) is 10.8. The van der Waals surface area contributed by atoms with Gasteiger partial charge in [0.05, 0.1) is 17.9 Å². The van der Waals surface area contributed by atoms with Gasteiger partial charge in [-0.3, -0.25) is 19.1 Å². The van der Waals surface area contributed by atoms with Crippen LogP contribution in [0.4, 0.5) is 0 Å². The van der Waals surface area contributed by atoms with Crippen molar-refractivity contribution >= 4 is 5.97 Å². The van der Waals surface area contributed by atoms with Gasteiger partial charge in [0.2, 0.25) is 0 Å². The number of hydrogen-bond acceptors (Lipinski definition) is 5. The van der Waals surface area contributed by atoms with E-state index in [-0.39, 0.29) is 11.5 Å². The summed E-state index contributed by atoms with van der Waals surface area (Å²) < 4.78 is 10.7. The SMILES string of the molecule is CCOC(=O)c1nn(CC)c2c1CN(Cc1c(C)n(C)n(-c3ccccc3)c1=O)CC2. The average molecular weight is 424 g/mol. The number of carbonyl (C=O) groups excluding carboxylic acids is 1. The van der Waals surface area contributed by atoms with Gasteiger partial charge in [-0.15, -0.1) is 0 Å². The summed E-state index contributed by atoms with van der Waals surface area (Å²) in [5, 5.41) is 4.51. The van der Waals surface area contributed by atoms with Crippen LogP contribution >= 0.6 is 0 Å². The highest BCUT2D eigenvalue weighted by Crippen LogP contribution is 2.25. The lowest BCUT2D eigenvalue weighted by molar-refractivity contribution is 0.0515. The zero-order valence-electron chi connectivity index (χ0n) is 18.6. The first-order valence-electron chi connectivity index (χ1n) is 10.8. The van der Waals surface area contributed by atoms with Gasteiger partial charge in [0.1, 0.15) is 0 Å². The predicted molar refractivity (Wildman–Crippen MR) is 117 cm³/mol. The molecule has 1 aliphatic rings. The van der Waals surface area contributed by atoms with E-state index in [0.29, 0.717) is 31.9 Å². The topological polar surface area (TPSA) is 74.3 Å². The van der Waals surface area contributed by atoms with Crippen LogP contribution in [-0.2, 0) is 37.8 Å². The maximum absolute atomic E-state index is 13.3. The molecule has 31 heavy (non-hydrogen) atoms. The number of nitrogens with zero attached hydrogens (tertiary/aromatic N) is 5. The number of benzene rings is 1. The standard InChI is InChI=1S/C23H29N5O3/c1-5-27-20-12-13-26(15-19(20)21(24-27)23(30)31-6-2)14-18-16(3)25(4)28(22(18)29)17-10-8-7-9-11-17/h7-11H,5-6,12-15H2,1-4H3. The van der Waals surface area contributed by atoms with E-state index in [9.17, 15) is 9.59 Å². The van der Waals surface area contributed by atoms with Crippen LogP contribution in [0.1, 0.15) is 46.9 Å². The number of carbonyl (C=O) groups is 1. The van der Waals surface area contributed by atoms with Crippen molar-refractivity contribution in [3.63, 3.8) is 0 Å². The Hall–Kier alpha value is -3.13. The van der Waals surface area contributed by atoms with Gasteiger partial charge in [-0.05, 0) is 32.9 Å². The molecule has 0 spiro atoms. The van der Waals surface area contributed by atoms with Crippen molar-refractivity contribution in [2.45, 2.75) is 46.8 Å². The summed E-state index contributed by atoms with van der Waals surface area (Å²) in [6, 6.07) is 9.66. The highest BCUT2D eigenvalue weighted by Gasteiger charge is 2.29. The molecule has 3 heterocycles. The second kappa shape index (κ2) is 8.55. The minimum Gasteiger partial charge on any atom is -0.461 e. The van der Waals surface area contributed by atoms with Gasteiger partial charge in [0, 0.05) is 56.6 Å². The molecule has 0 saturated carbocycles. The summed E-state index contributed by atoms with van der Waals surface area (Å²) in [5.41, 5.74) is 4.96. The van der Waals surface area contributed by atoms with E-state index in [1.165, 1.54) is 0 Å².